The van der Waals surface area contributed by atoms with Crippen molar-refractivity contribution in [3.63, 3.8) is 0 Å². The molecular formula is C34H45N3O4. The summed E-state index contributed by atoms with van der Waals surface area (Å²) in [5.74, 6) is -0.831. The summed E-state index contributed by atoms with van der Waals surface area (Å²) < 4.78 is 5.50. The molecule has 7 heteroatoms. The van der Waals surface area contributed by atoms with Gasteiger partial charge in [-0.1, -0.05) is 87.4 Å². The number of benzene rings is 3. The predicted octanol–water partition coefficient (Wildman–Crippen LogP) is 7.39. The lowest BCUT2D eigenvalue weighted by Crippen LogP contribution is -2.56. The highest BCUT2D eigenvalue weighted by molar-refractivity contribution is 6.00. The van der Waals surface area contributed by atoms with Crippen molar-refractivity contribution in [3.8, 4) is 0 Å². The molecule has 0 aliphatic rings. The number of ether oxygens (including phenoxy) is 1. The first-order valence-electron chi connectivity index (χ1n) is 14.5. The van der Waals surface area contributed by atoms with E-state index in [-0.39, 0.29) is 23.8 Å². The van der Waals surface area contributed by atoms with Crippen molar-refractivity contribution in [2.45, 2.75) is 92.0 Å². The fourth-order valence-corrected chi connectivity index (χ4v) is 4.83. The maximum Gasteiger partial charge on any atom is 0.408 e. The number of carbonyl (C=O) groups excluding carboxylic acids is 3. The van der Waals surface area contributed by atoms with Gasteiger partial charge in [-0.05, 0) is 75.4 Å². The van der Waals surface area contributed by atoms with Gasteiger partial charge in [-0.2, -0.15) is 0 Å². The van der Waals surface area contributed by atoms with Crippen molar-refractivity contribution >= 4 is 34.4 Å². The number of nitrogens with one attached hydrogen (secondary N) is 2. The van der Waals surface area contributed by atoms with Gasteiger partial charge in [-0.15, -0.1) is 0 Å². The maximum atomic E-state index is 14.5. The first-order chi connectivity index (χ1) is 19.3. The predicted molar refractivity (Wildman–Crippen MR) is 166 cm³/mol. The Hall–Kier alpha value is -3.87. The van der Waals surface area contributed by atoms with Crippen LogP contribution in [0, 0.1) is 12.8 Å². The quantitative estimate of drug-likeness (QED) is 0.271. The Morgan fingerprint density at radius 2 is 1.56 bits per heavy atom. The molecule has 0 saturated carbocycles. The van der Waals surface area contributed by atoms with Crippen LogP contribution < -0.4 is 10.6 Å². The van der Waals surface area contributed by atoms with Crippen LogP contribution in [0.4, 0.5) is 10.5 Å². The van der Waals surface area contributed by atoms with Crippen molar-refractivity contribution in [2.24, 2.45) is 5.92 Å². The second-order valence-electron chi connectivity index (χ2n) is 11.9. The Labute approximate surface area is 244 Å². The van der Waals surface area contributed by atoms with Crippen LogP contribution in [0.3, 0.4) is 0 Å². The minimum atomic E-state index is -0.921. The molecule has 0 aliphatic carbocycles. The van der Waals surface area contributed by atoms with E-state index in [2.05, 4.69) is 10.6 Å². The van der Waals surface area contributed by atoms with Gasteiger partial charge in [0.05, 0.1) is 0 Å². The summed E-state index contributed by atoms with van der Waals surface area (Å²) in [5, 5.41) is 7.98. The lowest BCUT2D eigenvalue weighted by Gasteiger charge is -2.39. The second kappa shape index (κ2) is 13.7. The molecule has 41 heavy (non-hydrogen) atoms. The zero-order valence-electron chi connectivity index (χ0n) is 25.7. The number of alkyl carbamates (subject to hydrolysis) is 1. The molecule has 3 rings (SSSR count). The number of rotatable bonds is 10. The minimum absolute atomic E-state index is 0.191. The molecule has 0 aliphatic heterocycles. The van der Waals surface area contributed by atoms with E-state index >= 15 is 0 Å². The smallest absolute Gasteiger partial charge is 0.408 e. The standard InChI is InChI=1S/C34H45N3O4/c1-9-23(4)29(36-33(40)41-34(6,7)8)32(39)37(24(5)10-2)30(27-17-13-14-22(3)20-27)31(38)35-28-19-18-25-15-11-12-16-26(25)21-28/h11-21,23-24,29-30H,9-10H2,1-8H3,(H,35,38)(H,36,40). The van der Waals surface area contributed by atoms with E-state index in [0.29, 0.717) is 24.1 Å². The van der Waals surface area contributed by atoms with Crippen LogP contribution in [0.2, 0.25) is 0 Å². The molecule has 0 radical (unpaired) electrons. The molecule has 3 aromatic rings. The molecule has 0 heterocycles. The monoisotopic (exact) mass is 559 g/mol. The molecule has 0 bridgehead atoms. The van der Waals surface area contributed by atoms with Crippen LogP contribution in [0.5, 0.6) is 0 Å². The molecule has 220 valence electrons. The molecule has 7 nitrogen and oxygen atoms in total. The van der Waals surface area contributed by atoms with Crippen LogP contribution in [0.1, 0.15) is 78.5 Å². The molecule has 3 aromatic carbocycles. The Kier molecular flexibility index (Phi) is 10.5. The van der Waals surface area contributed by atoms with E-state index in [1.807, 2.05) is 101 Å². The molecule has 4 unspecified atom stereocenters. The number of fused-ring (bicyclic) bond motifs is 1. The molecule has 3 amide bonds. The first-order valence-corrected chi connectivity index (χ1v) is 14.5. The molecule has 0 fully saturated rings. The summed E-state index contributed by atoms with van der Waals surface area (Å²) in [6.07, 6.45) is 0.614. The number of hydrogen-bond donors (Lipinski definition) is 2. The van der Waals surface area contributed by atoms with Gasteiger partial charge in [0.1, 0.15) is 17.7 Å². The number of carbonyl (C=O) groups is 3. The van der Waals surface area contributed by atoms with Gasteiger partial charge >= 0.3 is 6.09 Å². The van der Waals surface area contributed by atoms with E-state index in [9.17, 15) is 14.4 Å². The molecule has 0 spiro atoms. The summed E-state index contributed by atoms with van der Waals surface area (Å²) in [5.41, 5.74) is 1.62. The Balaban J connectivity index is 2.06. The maximum absolute atomic E-state index is 14.5. The van der Waals surface area contributed by atoms with Crippen molar-refractivity contribution in [2.75, 3.05) is 5.32 Å². The van der Waals surface area contributed by atoms with Gasteiger partial charge in [0.15, 0.2) is 0 Å². The van der Waals surface area contributed by atoms with E-state index in [4.69, 9.17) is 4.74 Å². The third-order valence-electron chi connectivity index (χ3n) is 7.37. The van der Waals surface area contributed by atoms with Crippen LogP contribution >= 0.6 is 0 Å². The molecule has 0 aromatic heterocycles. The SMILES string of the molecule is CCC(C)C(NC(=O)OC(C)(C)C)C(=O)N(C(C)CC)C(C(=O)Nc1ccc2ccccc2c1)c1cccc(C)c1. The number of anilines is 1. The minimum Gasteiger partial charge on any atom is -0.444 e. The molecule has 2 N–H and O–H groups in total. The largest absolute Gasteiger partial charge is 0.444 e. The average molecular weight is 560 g/mol. The third kappa shape index (κ3) is 8.32. The normalized spacial score (nSPS) is 14.4. The highest BCUT2D eigenvalue weighted by Gasteiger charge is 2.40. The lowest BCUT2D eigenvalue weighted by atomic mass is 9.94. The van der Waals surface area contributed by atoms with Crippen LogP contribution in [0.15, 0.2) is 66.7 Å². The van der Waals surface area contributed by atoms with Crippen LogP contribution in [-0.4, -0.2) is 40.5 Å². The summed E-state index contributed by atoms with van der Waals surface area (Å²) in [7, 11) is 0. The van der Waals surface area contributed by atoms with Crippen LogP contribution in [0.25, 0.3) is 10.8 Å². The van der Waals surface area contributed by atoms with Crippen molar-refractivity contribution in [1.29, 1.82) is 0 Å². The van der Waals surface area contributed by atoms with Gasteiger partial charge < -0.3 is 20.3 Å². The lowest BCUT2D eigenvalue weighted by molar-refractivity contribution is -0.144. The fourth-order valence-electron chi connectivity index (χ4n) is 4.83. The number of aryl methyl sites for hydroxylation is 1. The molecule has 4 atom stereocenters. The van der Waals surface area contributed by atoms with Crippen molar-refractivity contribution in [3.05, 3.63) is 77.9 Å². The summed E-state index contributed by atoms with van der Waals surface area (Å²) in [4.78, 5) is 43.1. The summed E-state index contributed by atoms with van der Waals surface area (Å²) in [6.45, 7) is 15.1. The van der Waals surface area contributed by atoms with Crippen molar-refractivity contribution < 1.29 is 19.1 Å². The van der Waals surface area contributed by atoms with E-state index in [0.717, 1.165) is 16.3 Å². The molecular weight excluding hydrogens is 514 g/mol. The zero-order valence-corrected chi connectivity index (χ0v) is 25.7. The number of hydrogen-bond acceptors (Lipinski definition) is 4. The fraction of sp³-hybridized carbons (Fsp3) is 0.441. The Morgan fingerprint density at radius 1 is 0.878 bits per heavy atom. The van der Waals surface area contributed by atoms with E-state index < -0.39 is 23.8 Å². The average Bonchev–Trinajstić information content (AvgIpc) is 2.92. The van der Waals surface area contributed by atoms with Gasteiger partial charge in [0.2, 0.25) is 5.91 Å². The van der Waals surface area contributed by atoms with E-state index in [1.54, 1.807) is 25.7 Å². The van der Waals surface area contributed by atoms with Gasteiger partial charge in [-0.25, -0.2) is 4.79 Å². The number of amides is 3. The second-order valence-corrected chi connectivity index (χ2v) is 11.9. The summed E-state index contributed by atoms with van der Waals surface area (Å²) >= 11 is 0. The highest BCUT2D eigenvalue weighted by Crippen LogP contribution is 2.30. The third-order valence-corrected chi connectivity index (χ3v) is 7.37. The van der Waals surface area contributed by atoms with Crippen molar-refractivity contribution in [1.82, 2.24) is 10.2 Å². The highest BCUT2D eigenvalue weighted by atomic mass is 16.6. The Morgan fingerprint density at radius 3 is 2.17 bits per heavy atom. The number of nitrogens with zero attached hydrogens (tertiary/aromatic N) is 1. The van der Waals surface area contributed by atoms with Gasteiger partial charge in [0, 0.05) is 11.7 Å². The zero-order chi connectivity index (χ0) is 30.3. The van der Waals surface area contributed by atoms with Crippen LogP contribution in [-0.2, 0) is 14.3 Å². The van der Waals surface area contributed by atoms with E-state index in [1.165, 1.54) is 0 Å². The van der Waals surface area contributed by atoms with Gasteiger partial charge in [0.25, 0.3) is 5.91 Å². The molecule has 0 saturated heterocycles. The topological polar surface area (TPSA) is 87.7 Å². The summed E-state index contributed by atoms with van der Waals surface area (Å²) in [6, 6.07) is 19.3. The van der Waals surface area contributed by atoms with Gasteiger partial charge in [-0.3, -0.25) is 9.59 Å². The Bertz CT molecular complexity index is 1360. The first kappa shape index (κ1) is 31.7.